The standard InChI is InChI=1S/C15H12BrClF3NO3S/c1-9-2-3-10(6-12(9)17)8-21-25(22,23)14-5-4-11(16)7-13(14)24-15(18,19)20/h2-7,21H,8H2,1H3. The SMILES string of the molecule is Cc1ccc(CNS(=O)(=O)c2ccc(Br)cc2OC(F)(F)F)cc1Cl. The van der Waals surface area contributed by atoms with Crippen LogP contribution < -0.4 is 9.46 Å². The number of halogens is 5. The van der Waals surface area contributed by atoms with Crippen LogP contribution in [0.2, 0.25) is 5.02 Å². The number of hydrogen-bond acceptors (Lipinski definition) is 3. The van der Waals surface area contributed by atoms with Gasteiger partial charge in [0.2, 0.25) is 10.0 Å². The average molecular weight is 459 g/mol. The summed E-state index contributed by atoms with van der Waals surface area (Å²) < 4.78 is 68.6. The normalized spacial score (nSPS) is 12.2. The Hall–Kier alpha value is -1.29. The van der Waals surface area contributed by atoms with Crippen molar-refractivity contribution in [2.45, 2.75) is 24.7 Å². The predicted molar refractivity (Wildman–Crippen MR) is 91.0 cm³/mol. The van der Waals surface area contributed by atoms with E-state index in [9.17, 15) is 21.6 Å². The molecule has 0 atom stereocenters. The van der Waals surface area contributed by atoms with Gasteiger partial charge in [0, 0.05) is 16.0 Å². The molecule has 2 aromatic carbocycles. The smallest absolute Gasteiger partial charge is 0.404 e. The van der Waals surface area contributed by atoms with Gasteiger partial charge in [0.15, 0.2) is 5.75 Å². The Bertz CT molecular complexity index is 888. The quantitative estimate of drug-likeness (QED) is 0.701. The molecule has 0 heterocycles. The van der Waals surface area contributed by atoms with E-state index in [0.717, 1.165) is 17.7 Å². The molecule has 0 aliphatic heterocycles. The molecular weight excluding hydrogens is 447 g/mol. The summed E-state index contributed by atoms with van der Waals surface area (Å²) in [6.45, 7) is 1.66. The van der Waals surface area contributed by atoms with Gasteiger partial charge in [0.25, 0.3) is 0 Å². The first-order valence-electron chi connectivity index (χ1n) is 6.78. The van der Waals surface area contributed by atoms with Crippen molar-refractivity contribution < 1.29 is 26.3 Å². The van der Waals surface area contributed by atoms with E-state index in [0.29, 0.717) is 10.6 Å². The zero-order valence-electron chi connectivity index (χ0n) is 12.7. The summed E-state index contributed by atoms with van der Waals surface area (Å²) in [6, 6.07) is 8.22. The molecule has 4 nitrogen and oxygen atoms in total. The lowest BCUT2D eigenvalue weighted by Gasteiger charge is -2.14. The largest absolute Gasteiger partial charge is 0.573 e. The summed E-state index contributed by atoms with van der Waals surface area (Å²) in [4.78, 5) is -0.619. The molecule has 1 N–H and O–H groups in total. The Kier molecular flexibility index (Phi) is 6.03. The highest BCUT2D eigenvalue weighted by atomic mass is 79.9. The van der Waals surface area contributed by atoms with Crippen molar-refractivity contribution in [1.82, 2.24) is 4.72 Å². The van der Waals surface area contributed by atoms with E-state index >= 15 is 0 Å². The number of sulfonamides is 1. The van der Waals surface area contributed by atoms with Crippen LogP contribution in [0.1, 0.15) is 11.1 Å². The fraction of sp³-hybridized carbons (Fsp3) is 0.200. The topological polar surface area (TPSA) is 55.4 Å². The lowest BCUT2D eigenvalue weighted by molar-refractivity contribution is -0.275. The summed E-state index contributed by atoms with van der Waals surface area (Å²) in [6.07, 6.45) is -5.02. The summed E-state index contributed by atoms with van der Waals surface area (Å²) in [5.74, 6) is -0.823. The van der Waals surface area contributed by atoms with Crippen molar-refractivity contribution in [3.05, 3.63) is 57.0 Å². The van der Waals surface area contributed by atoms with E-state index in [1.807, 2.05) is 0 Å². The number of alkyl halides is 3. The molecule has 25 heavy (non-hydrogen) atoms. The number of nitrogens with one attached hydrogen (secondary N) is 1. The molecule has 0 aliphatic carbocycles. The highest BCUT2D eigenvalue weighted by molar-refractivity contribution is 9.10. The third-order valence-corrected chi connectivity index (χ3v) is 5.46. The molecule has 0 fully saturated rings. The van der Waals surface area contributed by atoms with Gasteiger partial charge in [0.1, 0.15) is 4.90 Å². The van der Waals surface area contributed by atoms with Crippen LogP contribution in [-0.2, 0) is 16.6 Å². The van der Waals surface area contributed by atoms with Crippen LogP contribution in [0.15, 0.2) is 45.8 Å². The van der Waals surface area contributed by atoms with E-state index in [1.54, 1.807) is 25.1 Å². The zero-order chi connectivity index (χ0) is 18.8. The number of aryl methyl sites for hydroxylation is 1. The van der Waals surface area contributed by atoms with Crippen LogP contribution >= 0.6 is 27.5 Å². The molecule has 0 bridgehead atoms. The maximum absolute atomic E-state index is 12.5. The Balaban J connectivity index is 2.28. The Morgan fingerprint density at radius 2 is 1.88 bits per heavy atom. The molecule has 0 spiro atoms. The molecule has 0 aromatic heterocycles. The van der Waals surface area contributed by atoms with E-state index in [1.165, 1.54) is 6.07 Å². The average Bonchev–Trinajstić information content (AvgIpc) is 2.46. The van der Waals surface area contributed by atoms with Gasteiger partial charge in [-0.1, -0.05) is 39.7 Å². The molecule has 0 aliphatic rings. The minimum Gasteiger partial charge on any atom is -0.404 e. The molecule has 0 saturated heterocycles. The second-order valence-corrected chi connectivity index (χ2v) is 8.11. The molecular formula is C15H12BrClF3NO3S. The minimum atomic E-state index is -5.02. The molecule has 0 unspecified atom stereocenters. The summed E-state index contributed by atoms with van der Waals surface area (Å²) in [5.41, 5.74) is 1.39. The minimum absolute atomic E-state index is 0.135. The molecule has 2 aromatic rings. The number of hydrogen-bond donors (Lipinski definition) is 1. The van der Waals surface area contributed by atoms with Crippen LogP contribution in [0.3, 0.4) is 0 Å². The van der Waals surface area contributed by atoms with E-state index in [-0.39, 0.29) is 11.0 Å². The molecule has 0 saturated carbocycles. The molecule has 0 radical (unpaired) electrons. The number of rotatable bonds is 5. The summed E-state index contributed by atoms with van der Waals surface area (Å²) >= 11 is 8.95. The predicted octanol–water partition coefficient (Wildman–Crippen LogP) is 4.79. The zero-order valence-corrected chi connectivity index (χ0v) is 15.9. The maximum atomic E-state index is 12.5. The van der Waals surface area contributed by atoms with Crippen molar-refractivity contribution in [3.63, 3.8) is 0 Å². The van der Waals surface area contributed by atoms with Gasteiger partial charge in [-0.3, -0.25) is 0 Å². The molecule has 10 heteroatoms. The second-order valence-electron chi connectivity index (χ2n) is 5.05. The molecule has 2 rings (SSSR count). The van der Waals surface area contributed by atoms with Gasteiger partial charge >= 0.3 is 6.36 Å². The van der Waals surface area contributed by atoms with E-state index in [2.05, 4.69) is 25.4 Å². The highest BCUT2D eigenvalue weighted by Gasteiger charge is 2.34. The van der Waals surface area contributed by atoms with Gasteiger partial charge in [0.05, 0.1) is 0 Å². The van der Waals surface area contributed by atoms with Crippen molar-refractivity contribution in [1.29, 1.82) is 0 Å². The summed E-state index contributed by atoms with van der Waals surface area (Å²) in [5, 5.41) is 0.460. The van der Waals surface area contributed by atoms with Gasteiger partial charge in [-0.2, -0.15) is 0 Å². The maximum Gasteiger partial charge on any atom is 0.573 e. The van der Waals surface area contributed by atoms with Crippen LogP contribution in [0.5, 0.6) is 5.75 Å². The van der Waals surface area contributed by atoms with Crippen LogP contribution in [0.4, 0.5) is 13.2 Å². The fourth-order valence-corrected chi connectivity index (χ4v) is 3.58. The van der Waals surface area contributed by atoms with E-state index < -0.39 is 27.0 Å². The number of ether oxygens (including phenoxy) is 1. The van der Waals surface area contributed by atoms with Crippen LogP contribution in [0.25, 0.3) is 0 Å². The Morgan fingerprint density at radius 1 is 1.20 bits per heavy atom. The lowest BCUT2D eigenvalue weighted by atomic mass is 10.1. The molecule has 136 valence electrons. The van der Waals surface area contributed by atoms with Gasteiger partial charge in [-0.25, -0.2) is 13.1 Å². The van der Waals surface area contributed by atoms with Gasteiger partial charge in [-0.05, 0) is 42.3 Å². The first-order valence-corrected chi connectivity index (χ1v) is 9.43. The van der Waals surface area contributed by atoms with Crippen molar-refractivity contribution in [2.75, 3.05) is 0 Å². The Labute approximate surface area is 156 Å². The van der Waals surface area contributed by atoms with Gasteiger partial charge in [-0.15, -0.1) is 13.2 Å². The third kappa shape index (κ3) is 5.60. The van der Waals surface area contributed by atoms with E-state index in [4.69, 9.17) is 11.6 Å². The van der Waals surface area contributed by atoms with Crippen molar-refractivity contribution in [2.24, 2.45) is 0 Å². The first-order chi connectivity index (χ1) is 11.5. The molecule has 0 amide bonds. The third-order valence-electron chi connectivity index (χ3n) is 3.12. The van der Waals surface area contributed by atoms with Crippen LogP contribution in [0, 0.1) is 6.92 Å². The van der Waals surface area contributed by atoms with Gasteiger partial charge < -0.3 is 4.74 Å². The van der Waals surface area contributed by atoms with Crippen molar-refractivity contribution in [3.8, 4) is 5.75 Å². The Morgan fingerprint density at radius 3 is 2.48 bits per heavy atom. The fourth-order valence-electron chi connectivity index (χ4n) is 1.91. The van der Waals surface area contributed by atoms with Crippen molar-refractivity contribution >= 4 is 37.6 Å². The van der Waals surface area contributed by atoms with Crippen LogP contribution in [-0.4, -0.2) is 14.8 Å². The first kappa shape index (κ1) is 20.0. The lowest BCUT2D eigenvalue weighted by Crippen LogP contribution is -2.25. The second kappa shape index (κ2) is 7.53. The summed E-state index contributed by atoms with van der Waals surface area (Å²) in [7, 11) is -4.24. The monoisotopic (exact) mass is 457 g/mol. The highest BCUT2D eigenvalue weighted by Crippen LogP contribution is 2.32. The number of benzene rings is 2.